The number of hydrogen-bond acceptors (Lipinski definition) is 4. The molecular formula is C10H6BrF3N4. The van der Waals surface area contributed by atoms with Crippen LogP contribution < -0.4 is 0 Å². The van der Waals surface area contributed by atoms with Crippen LogP contribution in [-0.2, 0) is 6.18 Å². The van der Waals surface area contributed by atoms with E-state index >= 15 is 0 Å². The van der Waals surface area contributed by atoms with Gasteiger partial charge in [0, 0.05) is 10.0 Å². The van der Waals surface area contributed by atoms with Gasteiger partial charge in [0.15, 0.2) is 5.82 Å². The Morgan fingerprint density at radius 1 is 1.06 bits per heavy atom. The molecule has 0 saturated heterocycles. The quantitative estimate of drug-likeness (QED) is 0.811. The topological polar surface area (TPSA) is 51.6 Å². The summed E-state index contributed by atoms with van der Waals surface area (Å²) in [5.41, 5.74) is -0.339. The molecule has 0 saturated carbocycles. The summed E-state index contributed by atoms with van der Waals surface area (Å²) in [6, 6.07) is 3.21. The van der Waals surface area contributed by atoms with Gasteiger partial charge in [0.2, 0.25) is 5.82 Å². The zero-order valence-electron chi connectivity index (χ0n) is 9.03. The summed E-state index contributed by atoms with van der Waals surface area (Å²) >= 11 is 3.06. The van der Waals surface area contributed by atoms with Crippen molar-refractivity contribution in [3.8, 4) is 11.4 Å². The fourth-order valence-electron chi connectivity index (χ4n) is 1.26. The first-order valence-corrected chi connectivity index (χ1v) is 5.58. The molecule has 1 aromatic heterocycles. The molecule has 0 radical (unpaired) electrons. The van der Waals surface area contributed by atoms with Gasteiger partial charge in [-0.15, -0.1) is 20.4 Å². The number of benzene rings is 1. The molecule has 0 spiro atoms. The van der Waals surface area contributed by atoms with E-state index in [1.165, 1.54) is 6.07 Å². The molecular weight excluding hydrogens is 313 g/mol. The van der Waals surface area contributed by atoms with Crippen LogP contribution in [0.4, 0.5) is 13.2 Å². The minimum Gasteiger partial charge on any atom is -0.166 e. The molecule has 8 heteroatoms. The number of aryl methyl sites for hydroxylation is 1. The minimum atomic E-state index is -4.38. The van der Waals surface area contributed by atoms with Gasteiger partial charge in [-0.3, -0.25) is 0 Å². The van der Waals surface area contributed by atoms with Gasteiger partial charge in [-0.25, -0.2) is 0 Å². The lowest BCUT2D eigenvalue weighted by Gasteiger charge is -2.08. The Balaban J connectivity index is 2.45. The van der Waals surface area contributed by atoms with E-state index in [0.717, 1.165) is 12.1 Å². The summed E-state index contributed by atoms with van der Waals surface area (Å²) in [6.07, 6.45) is -4.38. The van der Waals surface area contributed by atoms with E-state index in [-0.39, 0.29) is 10.3 Å². The normalized spacial score (nSPS) is 11.6. The zero-order valence-corrected chi connectivity index (χ0v) is 10.6. The Labute approximate surface area is 108 Å². The van der Waals surface area contributed by atoms with E-state index in [9.17, 15) is 13.2 Å². The summed E-state index contributed by atoms with van der Waals surface area (Å²) in [6.45, 7) is 1.62. The van der Waals surface area contributed by atoms with E-state index in [1.807, 2.05) is 0 Å². The van der Waals surface area contributed by atoms with Gasteiger partial charge >= 0.3 is 6.18 Å². The third-order valence-corrected chi connectivity index (χ3v) is 2.77. The van der Waals surface area contributed by atoms with E-state index in [2.05, 4.69) is 36.3 Å². The second-order valence-corrected chi connectivity index (χ2v) is 4.32. The van der Waals surface area contributed by atoms with Gasteiger partial charge in [-0.1, -0.05) is 15.9 Å². The lowest BCUT2D eigenvalue weighted by atomic mass is 10.1. The molecule has 1 heterocycles. The predicted octanol–water partition coefficient (Wildman–Crippen LogP) is 3.02. The smallest absolute Gasteiger partial charge is 0.166 e. The lowest BCUT2D eigenvalue weighted by Crippen LogP contribution is -2.05. The maximum atomic E-state index is 12.5. The van der Waals surface area contributed by atoms with Crippen LogP contribution in [0.15, 0.2) is 22.7 Å². The fourth-order valence-corrected chi connectivity index (χ4v) is 1.82. The van der Waals surface area contributed by atoms with Crippen molar-refractivity contribution in [1.82, 2.24) is 20.4 Å². The molecule has 0 amide bonds. The van der Waals surface area contributed by atoms with Crippen molar-refractivity contribution < 1.29 is 13.2 Å². The highest BCUT2D eigenvalue weighted by atomic mass is 79.9. The van der Waals surface area contributed by atoms with Crippen molar-refractivity contribution >= 4 is 15.9 Å². The van der Waals surface area contributed by atoms with Gasteiger partial charge in [-0.05, 0) is 25.1 Å². The molecule has 1 aromatic carbocycles. The molecule has 0 aliphatic rings. The Morgan fingerprint density at radius 3 is 2.17 bits per heavy atom. The third-order valence-electron chi connectivity index (χ3n) is 2.12. The van der Waals surface area contributed by atoms with Crippen LogP contribution in [-0.4, -0.2) is 20.4 Å². The monoisotopic (exact) mass is 318 g/mol. The predicted molar refractivity (Wildman–Crippen MR) is 60.5 cm³/mol. The van der Waals surface area contributed by atoms with Crippen molar-refractivity contribution in [3.63, 3.8) is 0 Å². The number of aromatic nitrogens is 4. The maximum absolute atomic E-state index is 12.5. The highest BCUT2D eigenvalue weighted by Gasteiger charge is 2.31. The molecule has 4 nitrogen and oxygen atoms in total. The summed E-state index contributed by atoms with van der Waals surface area (Å²) in [5.74, 6) is 0.558. The first-order valence-electron chi connectivity index (χ1n) is 4.79. The van der Waals surface area contributed by atoms with Crippen LogP contribution in [0.1, 0.15) is 11.4 Å². The van der Waals surface area contributed by atoms with Crippen molar-refractivity contribution in [2.75, 3.05) is 0 Å². The van der Waals surface area contributed by atoms with Crippen molar-refractivity contribution in [1.29, 1.82) is 0 Å². The average Bonchev–Trinajstić information content (AvgIpc) is 2.29. The first kappa shape index (κ1) is 12.9. The molecule has 0 N–H and O–H groups in total. The molecule has 0 bridgehead atoms. The Hall–Kier alpha value is -1.57. The molecule has 2 rings (SSSR count). The first-order chi connectivity index (χ1) is 8.38. The van der Waals surface area contributed by atoms with Crippen LogP contribution in [0.25, 0.3) is 11.4 Å². The molecule has 0 fully saturated rings. The van der Waals surface area contributed by atoms with Crippen LogP contribution in [0.2, 0.25) is 0 Å². The van der Waals surface area contributed by atoms with Crippen molar-refractivity contribution in [2.45, 2.75) is 13.1 Å². The minimum absolute atomic E-state index is 0.168. The highest BCUT2D eigenvalue weighted by Crippen LogP contribution is 2.34. The number of hydrogen-bond donors (Lipinski definition) is 0. The Kier molecular flexibility index (Phi) is 3.29. The molecule has 0 unspecified atom stereocenters. The fraction of sp³-hybridized carbons (Fsp3) is 0.200. The van der Waals surface area contributed by atoms with E-state index in [4.69, 9.17) is 0 Å². The Bertz CT molecular complexity index is 568. The van der Waals surface area contributed by atoms with Gasteiger partial charge < -0.3 is 0 Å². The van der Waals surface area contributed by atoms with Crippen LogP contribution in [0, 0.1) is 6.92 Å². The summed E-state index contributed by atoms with van der Waals surface area (Å²) in [7, 11) is 0. The standard InChI is InChI=1S/C10H6BrF3N4/c1-5-15-17-9(18-16-5)7-3-2-6(4-8(7)11)10(12,13)14/h2-4H,1H3. The molecule has 18 heavy (non-hydrogen) atoms. The van der Waals surface area contributed by atoms with Gasteiger partial charge in [0.05, 0.1) is 5.56 Å². The van der Waals surface area contributed by atoms with Gasteiger partial charge in [0.25, 0.3) is 0 Å². The Morgan fingerprint density at radius 2 is 1.67 bits per heavy atom. The number of nitrogens with zero attached hydrogens (tertiary/aromatic N) is 4. The molecule has 94 valence electrons. The third kappa shape index (κ3) is 2.63. The lowest BCUT2D eigenvalue weighted by molar-refractivity contribution is -0.137. The SMILES string of the molecule is Cc1nnc(-c2ccc(C(F)(F)F)cc2Br)nn1. The van der Waals surface area contributed by atoms with E-state index in [0.29, 0.717) is 11.4 Å². The van der Waals surface area contributed by atoms with Crippen molar-refractivity contribution in [2.24, 2.45) is 0 Å². The van der Waals surface area contributed by atoms with Crippen LogP contribution in [0.5, 0.6) is 0 Å². The van der Waals surface area contributed by atoms with Gasteiger partial charge in [-0.2, -0.15) is 13.2 Å². The van der Waals surface area contributed by atoms with E-state index in [1.54, 1.807) is 6.92 Å². The molecule has 0 atom stereocenters. The largest absolute Gasteiger partial charge is 0.416 e. The van der Waals surface area contributed by atoms with E-state index < -0.39 is 11.7 Å². The summed E-state index contributed by atoms with van der Waals surface area (Å²) in [4.78, 5) is 0. The summed E-state index contributed by atoms with van der Waals surface area (Å²) in [5, 5.41) is 14.9. The van der Waals surface area contributed by atoms with Gasteiger partial charge in [0.1, 0.15) is 0 Å². The summed E-state index contributed by atoms with van der Waals surface area (Å²) < 4.78 is 37.7. The highest BCUT2D eigenvalue weighted by molar-refractivity contribution is 9.10. The van der Waals surface area contributed by atoms with Crippen LogP contribution >= 0.6 is 15.9 Å². The number of alkyl halides is 3. The van der Waals surface area contributed by atoms with Crippen LogP contribution in [0.3, 0.4) is 0 Å². The number of halogens is 4. The zero-order chi connectivity index (χ0) is 13.3. The molecule has 0 aliphatic carbocycles. The number of rotatable bonds is 1. The molecule has 0 aliphatic heterocycles. The molecule has 2 aromatic rings. The second kappa shape index (κ2) is 4.60. The van der Waals surface area contributed by atoms with Crippen molar-refractivity contribution in [3.05, 3.63) is 34.1 Å². The second-order valence-electron chi connectivity index (χ2n) is 3.46. The average molecular weight is 319 g/mol. The maximum Gasteiger partial charge on any atom is 0.416 e.